The molecule has 6 nitrogen and oxygen atoms in total. The standard InChI is InChI=1S/C24H28Cl2N4O2S/c1-14(2)17-6-9-19(10-7-17)32-16(5)23-28-29-24(30(23)15(3)4)33-13-22(31)27-18-8-11-20(25)21(26)12-18/h6-12,14-16H,13H2,1-5H3,(H,27,31). The van der Waals surface area contributed by atoms with Gasteiger partial charge in [0.25, 0.3) is 0 Å². The molecule has 0 bridgehead atoms. The Bertz CT molecular complexity index is 1100. The van der Waals surface area contributed by atoms with E-state index < -0.39 is 0 Å². The average Bonchev–Trinajstić information content (AvgIpc) is 3.20. The summed E-state index contributed by atoms with van der Waals surface area (Å²) >= 11 is 13.3. The van der Waals surface area contributed by atoms with E-state index in [0.29, 0.717) is 32.6 Å². The number of carbonyl (C=O) groups excluding carboxylic acids is 1. The zero-order chi connectivity index (χ0) is 24.1. The minimum absolute atomic E-state index is 0.102. The third-order valence-corrected chi connectivity index (χ3v) is 6.65. The molecular formula is C24H28Cl2N4O2S. The number of anilines is 1. The predicted octanol–water partition coefficient (Wildman–Crippen LogP) is 7.16. The summed E-state index contributed by atoms with van der Waals surface area (Å²) in [4.78, 5) is 12.4. The Balaban J connectivity index is 1.66. The van der Waals surface area contributed by atoms with Crippen molar-refractivity contribution in [1.29, 1.82) is 0 Å². The monoisotopic (exact) mass is 506 g/mol. The van der Waals surface area contributed by atoms with Crippen LogP contribution in [0.2, 0.25) is 10.0 Å². The van der Waals surface area contributed by atoms with Crippen molar-refractivity contribution in [2.45, 2.75) is 57.8 Å². The first-order valence-electron chi connectivity index (χ1n) is 10.7. The van der Waals surface area contributed by atoms with Gasteiger partial charge in [0.2, 0.25) is 5.91 Å². The molecule has 9 heteroatoms. The van der Waals surface area contributed by atoms with E-state index in [9.17, 15) is 4.79 Å². The Labute approximate surface area is 209 Å². The molecule has 3 rings (SSSR count). The van der Waals surface area contributed by atoms with Crippen LogP contribution in [0.4, 0.5) is 5.69 Å². The van der Waals surface area contributed by atoms with Crippen LogP contribution in [-0.2, 0) is 4.79 Å². The molecule has 1 heterocycles. The lowest BCUT2D eigenvalue weighted by molar-refractivity contribution is -0.113. The minimum Gasteiger partial charge on any atom is -0.483 e. The first kappa shape index (κ1) is 25.4. The summed E-state index contributed by atoms with van der Waals surface area (Å²) in [6.07, 6.45) is -0.302. The second-order valence-corrected chi connectivity index (χ2v) is 10.0. The SMILES string of the molecule is CC(C)c1ccc(OC(C)c2nnc(SCC(=O)Nc3ccc(Cl)c(Cl)c3)n2C(C)C)cc1. The number of ether oxygens (including phenoxy) is 1. The van der Waals surface area contributed by atoms with E-state index in [2.05, 4.69) is 55.3 Å². The lowest BCUT2D eigenvalue weighted by atomic mass is 10.0. The number of thioether (sulfide) groups is 1. The highest BCUT2D eigenvalue weighted by Gasteiger charge is 2.22. The molecule has 1 N–H and O–H groups in total. The second-order valence-electron chi connectivity index (χ2n) is 8.25. The Morgan fingerprint density at radius 3 is 2.33 bits per heavy atom. The van der Waals surface area contributed by atoms with Crippen LogP contribution in [0.15, 0.2) is 47.6 Å². The number of carbonyl (C=O) groups is 1. The quantitative estimate of drug-likeness (QED) is 0.311. The van der Waals surface area contributed by atoms with Crippen molar-refractivity contribution < 1.29 is 9.53 Å². The summed E-state index contributed by atoms with van der Waals surface area (Å²) in [5.41, 5.74) is 1.85. The van der Waals surface area contributed by atoms with Crippen LogP contribution in [0.5, 0.6) is 5.75 Å². The molecule has 0 radical (unpaired) electrons. The van der Waals surface area contributed by atoms with E-state index in [1.807, 2.05) is 23.6 Å². The normalized spacial score (nSPS) is 12.3. The maximum absolute atomic E-state index is 12.4. The third kappa shape index (κ3) is 6.65. The third-order valence-electron chi connectivity index (χ3n) is 4.97. The summed E-state index contributed by atoms with van der Waals surface area (Å²) in [6, 6.07) is 13.2. The number of hydrogen-bond donors (Lipinski definition) is 1. The van der Waals surface area contributed by atoms with Crippen LogP contribution in [0.3, 0.4) is 0 Å². The van der Waals surface area contributed by atoms with Gasteiger partial charge in [-0.1, -0.05) is 60.9 Å². The number of nitrogens with zero attached hydrogens (tertiary/aromatic N) is 3. The topological polar surface area (TPSA) is 69.0 Å². The maximum atomic E-state index is 12.4. The van der Waals surface area contributed by atoms with Crippen LogP contribution in [0.1, 0.15) is 64.1 Å². The molecule has 0 spiro atoms. The minimum atomic E-state index is -0.302. The van der Waals surface area contributed by atoms with Crippen molar-refractivity contribution in [3.63, 3.8) is 0 Å². The van der Waals surface area contributed by atoms with E-state index in [0.717, 1.165) is 5.75 Å². The van der Waals surface area contributed by atoms with Gasteiger partial charge in [-0.3, -0.25) is 4.79 Å². The van der Waals surface area contributed by atoms with Gasteiger partial charge in [-0.25, -0.2) is 0 Å². The van der Waals surface area contributed by atoms with Crippen LogP contribution >= 0.6 is 35.0 Å². The Hall–Kier alpha value is -2.22. The molecule has 33 heavy (non-hydrogen) atoms. The summed E-state index contributed by atoms with van der Waals surface area (Å²) in [5.74, 6) is 1.96. The van der Waals surface area contributed by atoms with Gasteiger partial charge in [-0.2, -0.15) is 0 Å². The molecule has 0 aliphatic heterocycles. The van der Waals surface area contributed by atoms with Crippen molar-refractivity contribution in [3.8, 4) is 5.75 Å². The summed E-state index contributed by atoms with van der Waals surface area (Å²) in [7, 11) is 0. The molecule has 176 valence electrons. The van der Waals surface area contributed by atoms with Crippen molar-refractivity contribution in [3.05, 3.63) is 63.9 Å². The molecule has 0 saturated heterocycles. The van der Waals surface area contributed by atoms with E-state index in [1.165, 1.54) is 17.3 Å². The molecule has 0 saturated carbocycles. The first-order chi connectivity index (χ1) is 15.7. The molecule has 1 atom stereocenters. The molecule has 3 aromatic rings. The fourth-order valence-corrected chi connectivity index (χ4v) is 4.41. The highest BCUT2D eigenvalue weighted by atomic mass is 35.5. The van der Waals surface area contributed by atoms with Gasteiger partial charge >= 0.3 is 0 Å². The van der Waals surface area contributed by atoms with Gasteiger partial charge in [-0.15, -0.1) is 10.2 Å². The molecular weight excluding hydrogens is 479 g/mol. The van der Waals surface area contributed by atoms with Crippen molar-refractivity contribution in [2.24, 2.45) is 0 Å². The largest absolute Gasteiger partial charge is 0.483 e. The predicted molar refractivity (Wildman–Crippen MR) is 136 cm³/mol. The fraction of sp³-hybridized carbons (Fsp3) is 0.375. The highest BCUT2D eigenvalue weighted by molar-refractivity contribution is 7.99. The van der Waals surface area contributed by atoms with Gasteiger partial charge in [0.05, 0.1) is 15.8 Å². The van der Waals surface area contributed by atoms with Crippen molar-refractivity contribution in [2.75, 3.05) is 11.1 Å². The molecule has 1 aromatic heterocycles. The Morgan fingerprint density at radius 1 is 1.03 bits per heavy atom. The first-order valence-corrected chi connectivity index (χ1v) is 12.5. The smallest absolute Gasteiger partial charge is 0.234 e. The second kappa shape index (κ2) is 11.3. The van der Waals surface area contributed by atoms with Crippen LogP contribution in [0.25, 0.3) is 0 Å². The van der Waals surface area contributed by atoms with E-state index in [1.54, 1.807) is 18.2 Å². The fourth-order valence-electron chi connectivity index (χ4n) is 3.24. The number of aromatic nitrogens is 3. The van der Waals surface area contributed by atoms with Gasteiger partial charge < -0.3 is 14.6 Å². The lowest BCUT2D eigenvalue weighted by Gasteiger charge is -2.19. The van der Waals surface area contributed by atoms with Crippen LogP contribution < -0.4 is 10.1 Å². The zero-order valence-corrected chi connectivity index (χ0v) is 21.6. The Morgan fingerprint density at radius 2 is 1.73 bits per heavy atom. The number of halogens is 2. The molecule has 0 aliphatic rings. The van der Waals surface area contributed by atoms with Crippen LogP contribution in [-0.4, -0.2) is 26.4 Å². The van der Waals surface area contributed by atoms with Gasteiger partial charge in [0.1, 0.15) is 5.75 Å². The molecule has 1 unspecified atom stereocenters. The lowest BCUT2D eigenvalue weighted by Crippen LogP contribution is -2.16. The van der Waals surface area contributed by atoms with Gasteiger partial charge in [-0.05, 0) is 62.6 Å². The van der Waals surface area contributed by atoms with E-state index in [4.69, 9.17) is 27.9 Å². The highest BCUT2D eigenvalue weighted by Crippen LogP contribution is 2.29. The molecule has 0 fully saturated rings. The van der Waals surface area contributed by atoms with E-state index >= 15 is 0 Å². The number of benzene rings is 2. The number of amides is 1. The van der Waals surface area contributed by atoms with Gasteiger partial charge in [0, 0.05) is 11.7 Å². The average molecular weight is 507 g/mol. The maximum Gasteiger partial charge on any atom is 0.234 e. The summed E-state index contributed by atoms with van der Waals surface area (Å²) in [5, 5.41) is 13.0. The summed E-state index contributed by atoms with van der Waals surface area (Å²) in [6.45, 7) is 10.4. The van der Waals surface area contributed by atoms with Gasteiger partial charge in [0.15, 0.2) is 17.1 Å². The van der Waals surface area contributed by atoms with Crippen LogP contribution in [0, 0.1) is 0 Å². The number of hydrogen-bond acceptors (Lipinski definition) is 5. The van der Waals surface area contributed by atoms with E-state index in [-0.39, 0.29) is 23.8 Å². The van der Waals surface area contributed by atoms with Crippen molar-refractivity contribution >= 4 is 46.6 Å². The number of rotatable bonds is 9. The Kier molecular flexibility index (Phi) is 8.68. The summed E-state index contributed by atoms with van der Waals surface area (Å²) < 4.78 is 8.13. The number of nitrogens with one attached hydrogen (secondary N) is 1. The molecule has 1 amide bonds. The van der Waals surface area contributed by atoms with Crippen molar-refractivity contribution in [1.82, 2.24) is 14.8 Å². The zero-order valence-electron chi connectivity index (χ0n) is 19.3. The molecule has 0 aliphatic carbocycles. The molecule has 2 aromatic carbocycles.